The van der Waals surface area contributed by atoms with Gasteiger partial charge in [-0.1, -0.05) is 19.1 Å². The van der Waals surface area contributed by atoms with E-state index >= 15 is 0 Å². The summed E-state index contributed by atoms with van der Waals surface area (Å²) in [5.74, 6) is 0.687. The van der Waals surface area contributed by atoms with Crippen molar-refractivity contribution in [3.8, 4) is 5.69 Å². The number of hydrogen-bond donors (Lipinski definition) is 1. The molecule has 3 rings (SSSR count). The molecular weight excluding hydrogens is 224 g/mol. The van der Waals surface area contributed by atoms with E-state index in [9.17, 15) is 5.11 Å². The molecule has 0 spiro atoms. The van der Waals surface area contributed by atoms with Crippen LogP contribution in [-0.4, -0.2) is 14.9 Å². The quantitative estimate of drug-likeness (QED) is 0.894. The average molecular weight is 242 g/mol. The molecule has 3 nitrogen and oxygen atoms in total. The summed E-state index contributed by atoms with van der Waals surface area (Å²) in [7, 11) is 0. The molecule has 1 aliphatic carbocycles. The van der Waals surface area contributed by atoms with E-state index in [0.29, 0.717) is 5.92 Å². The van der Waals surface area contributed by atoms with Crippen LogP contribution in [0, 0.1) is 0 Å². The lowest BCUT2D eigenvalue weighted by atomic mass is 10.1. The number of nitrogens with zero attached hydrogens (tertiary/aromatic N) is 2. The Bertz CT molecular complexity index is 526. The summed E-state index contributed by atoms with van der Waals surface area (Å²) in [6, 6.07) is 10.1. The SMILES string of the molecule is CC[C@@H](O)c1ccc(-n2ccc(C3CC3)n2)cc1. The van der Waals surface area contributed by atoms with Gasteiger partial charge >= 0.3 is 0 Å². The predicted molar refractivity (Wildman–Crippen MR) is 70.8 cm³/mol. The smallest absolute Gasteiger partial charge is 0.0787 e. The van der Waals surface area contributed by atoms with Crippen LogP contribution in [-0.2, 0) is 0 Å². The highest BCUT2D eigenvalue weighted by Crippen LogP contribution is 2.39. The molecule has 1 saturated carbocycles. The predicted octanol–water partition coefficient (Wildman–Crippen LogP) is 3.19. The number of rotatable bonds is 4. The average Bonchev–Trinajstić information content (AvgIpc) is 3.16. The van der Waals surface area contributed by atoms with Crippen molar-refractivity contribution >= 4 is 0 Å². The molecule has 2 aromatic rings. The van der Waals surface area contributed by atoms with Crippen LogP contribution in [0.1, 0.15) is 49.5 Å². The number of hydrogen-bond acceptors (Lipinski definition) is 2. The zero-order valence-electron chi connectivity index (χ0n) is 10.6. The fourth-order valence-corrected chi connectivity index (χ4v) is 2.16. The van der Waals surface area contributed by atoms with Crippen molar-refractivity contribution < 1.29 is 5.11 Å². The van der Waals surface area contributed by atoms with Crippen LogP contribution in [0.4, 0.5) is 0 Å². The fraction of sp³-hybridized carbons (Fsp3) is 0.400. The van der Waals surface area contributed by atoms with Crippen molar-refractivity contribution in [1.82, 2.24) is 9.78 Å². The van der Waals surface area contributed by atoms with Crippen molar-refractivity contribution in [2.75, 3.05) is 0 Å². The highest BCUT2D eigenvalue weighted by atomic mass is 16.3. The van der Waals surface area contributed by atoms with Gasteiger partial charge in [-0.25, -0.2) is 4.68 Å². The van der Waals surface area contributed by atoms with E-state index in [1.54, 1.807) is 0 Å². The number of aromatic nitrogens is 2. The highest BCUT2D eigenvalue weighted by molar-refractivity contribution is 5.35. The highest BCUT2D eigenvalue weighted by Gasteiger charge is 2.25. The van der Waals surface area contributed by atoms with E-state index in [-0.39, 0.29) is 6.10 Å². The van der Waals surface area contributed by atoms with Gasteiger partial charge in [0.05, 0.1) is 17.5 Å². The first kappa shape index (κ1) is 11.5. The Hall–Kier alpha value is -1.61. The molecule has 1 aliphatic rings. The first-order chi connectivity index (χ1) is 8.78. The van der Waals surface area contributed by atoms with Gasteiger partial charge in [0.2, 0.25) is 0 Å². The van der Waals surface area contributed by atoms with Crippen LogP contribution in [0.2, 0.25) is 0 Å². The molecule has 1 heterocycles. The summed E-state index contributed by atoms with van der Waals surface area (Å²) in [6.07, 6.45) is 4.95. The fourth-order valence-electron chi connectivity index (χ4n) is 2.16. The minimum atomic E-state index is -0.362. The molecule has 0 aliphatic heterocycles. The van der Waals surface area contributed by atoms with Crippen molar-refractivity contribution in [2.24, 2.45) is 0 Å². The van der Waals surface area contributed by atoms with Crippen LogP contribution in [0.5, 0.6) is 0 Å². The van der Waals surface area contributed by atoms with Crippen molar-refractivity contribution in [2.45, 2.75) is 38.2 Å². The van der Waals surface area contributed by atoms with Gasteiger partial charge in [0.15, 0.2) is 0 Å². The van der Waals surface area contributed by atoms with Crippen LogP contribution < -0.4 is 0 Å². The van der Waals surface area contributed by atoms with E-state index in [1.165, 1.54) is 18.5 Å². The van der Waals surface area contributed by atoms with E-state index in [2.05, 4.69) is 11.2 Å². The van der Waals surface area contributed by atoms with Gasteiger partial charge in [-0.2, -0.15) is 5.10 Å². The number of aliphatic hydroxyl groups excluding tert-OH is 1. The first-order valence-electron chi connectivity index (χ1n) is 6.62. The van der Waals surface area contributed by atoms with Gasteiger partial charge in [0, 0.05) is 12.1 Å². The normalized spacial score (nSPS) is 16.8. The second-order valence-corrected chi connectivity index (χ2v) is 4.98. The standard InChI is InChI=1S/C15H18N2O/c1-2-15(18)12-5-7-13(8-6-12)17-10-9-14(16-17)11-3-4-11/h5-11,15,18H,2-4H2,1H3/t15-/m1/s1. The van der Waals surface area contributed by atoms with Crippen LogP contribution in [0.15, 0.2) is 36.5 Å². The summed E-state index contributed by atoms with van der Waals surface area (Å²) < 4.78 is 1.91. The lowest BCUT2D eigenvalue weighted by Crippen LogP contribution is -1.98. The Labute approximate surface area is 107 Å². The summed E-state index contributed by atoms with van der Waals surface area (Å²) in [5, 5.41) is 14.3. The third kappa shape index (κ3) is 2.18. The Balaban J connectivity index is 1.82. The van der Waals surface area contributed by atoms with Crippen molar-refractivity contribution in [3.05, 3.63) is 47.8 Å². The van der Waals surface area contributed by atoms with Gasteiger partial charge in [0.1, 0.15) is 0 Å². The zero-order valence-corrected chi connectivity index (χ0v) is 10.6. The Morgan fingerprint density at radius 1 is 1.28 bits per heavy atom. The zero-order chi connectivity index (χ0) is 12.5. The van der Waals surface area contributed by atoms with Crippen LogP contribution in [0.25, 0.3) is 5.69 Å². The topological polar surface area (TPSA) is 38.0 Å². The molecule has 1 atom stereocenters. The van der Waals surface area contributed by atoms with E-state index < -0.39 is 0 Å². The summed E-state index contributed by atoms with van der Waals surface area (Å²) >= 11 is 0. The minimum absolute atomic E-state index is 0.362. The molecule has 1 aromatic carbocycles. The molecule has 0 unspecified atom stereocenters. The summed E-state index contributed by atoms with van der Waals surface area (Å²) in [6.45, 7) is 1.98. The second-order valence-electron chi connectivity index (χ2n) is 4.98. The molecule has 0 bridgehead atoms. The van der Waals surface area contributed by atoms with E-state index in [4.69, 9.17) is 0 Å². The molecule has 1 N–H and O–H groups in total. The Morgan fingerprint density at radius 2 is 2.00 bits per heavy atom. The summed E-state index contributed by atoms with van der Waals surface area (Å²) in [5.41, 5.74) is 3.22. The maximum atomic E-state index is 9.75. The summed E-state index contributed by atoms with van der Waals surface area (Å²) in [4.78, 5) is 0. The van der Waals surface area contributed by atoms with Crippen LogP contribution in [0.3, 0.4) is 0 Å². The van der Waals surface area contributed by atoms with Gasteiger partial charge in [0.25, 0.3) is 0 Å². The third-order valence-corrected chi connectivity index (χ3v) is 3.53. The maximum Gasteiger partial charge on any atom is 0.0787 e. The first-order valence-corrected chi connectivity index (χ1v) is 6.62. The lowest BCUT2D eigenvalue weighted by molar-refractivity contribution is 0.173. The third-order valence-electron chi connectivity index (χ3n) is 3.53. The molecule has 1 fully saturated rings. The van der Waals surface area contributed by atoms with Crippen LogP contribution >= 0.6 is 0 Å². The van der Waals surface area contributed by atoms with Crippen molar-refractivity contribution in [3.63, 3.8) is 0 Å². The maximum absolute atomic E-state index is 9.75. The lowest BCUT2D eigenvalue weighted by Gasteiger charge is -2.09. The molecule has 0 radical (unpaired) electrons. The largest absolute Gasteiger partial charge is 0.388 e. The van der Waals surface area contributed by atoms with E-state index in [0.717, 1.165) is 17.7 Å². The van der Waals surface area contributed by atoms with Gasteiger partial charge in [-0.15, -0.1) is 0 Å². The van der Waals surface area contributed by atoms with Gasteiger partial charge < -0.3 is 5.11 Å². The molecule has 0 amide bonds. The molecular formula is C15H18N2O. The Morgan fingerprint density at radius 3 is 2.61 bits per heavy atom. The number of benzene rings is 1. The van der Waals surface area contributed by atoms with Crippen molar-refractivity contribution in [1.29, 1.82) is 0 Å². The number of aliphatic hydroxyl groups is 1. The molecule has 3 heteroatoms. The molecule has 18 heavy (non-hydrogen) atoms. The van der Waals surface area contributed by atoms with Gasteiger partial charge in [-0.05, 0) is 43.0 Å². The molecule has 0 saturated heterocycles. The monoisotopic (exact) mass is 242 g/mol. The molecule has 1 aromatic heterocycles. The minimum Gasteiger partial charge on any atom is -0.388 e. The Kier molecular flexibility index (Phi) is 2.92. The van der Waals surface area contributed by atoms with E-state index in [1.807, 2.05) is 42.1 Å². The second kappa shape index (κ2) is 4.58. The van der Waals surface area contributed by atoms with Gasteiger partial charge in [-0.3, -0.25) is 0 Å². The molecule has 94 valence electrons.